The number of benzene rings is 1. The standard InChI is InChI=1S/C18H30N2/c1-14(2)20-13-16(11-15-9-7-6-8-10-15)19-12-17(20)18(3,4)5/h6-10,14,16-17,19H,11-13H2,1-5H3. The van der Waals surface area contributed by atoms with Crippen molar-refractivity contribution in [3.8, 4) is 0 Å². The van der Waals surface area contributed by atoms with Gasteiger partial charge >= 0.3 is 0 Å². The lowest BCUT2D eigenvalue weighted by molar-refractivity contribution is 0.0315. The average Bonchev–Trinajstić information content (AvgIpc) is 2.38. The molecule has 1 saturated heterocycles. The van der Waals surface area contributed by atoms with E-state index in [0.717, 1.165) is 19.5 Å². The quantitative estimate of drug-likeness (QED) is 0.909. The van der Waals surface area contributed by atoms with Crippen molar-refractivity contribution < 1.29 is 0 Å². The molecule has 1 aliphatic heterocycles. The van der Waals surface area contributed by atoms with Crippen LogP contribution in [0.5, 0.6) is 0 Å². The summed E-state index contributed by atoms with van der Waals surface area (Å²) in [4.78, 5) is 2.68. The van der Waals surface area contributed by atoms with Crippen molar-refractivity contribution in [2.24, 2.45) is 5.41 Å². The highest BCUT2D eigenvalue weighted by Gasteiger charge is 2.36. The van der Waals surface area contributed by atoms with E-state index in [1.807, 2.05) is 0 Å². The van der Waals surface area contributed by atoms with Gasteiger partial charge in [-0.15, -0.1) is 0 Å². The van der Waals surface area contributed by atoms with E-state index in [4.69, 9.17) is 0 Å². The second kappa shape index (κ2) is 6.28. The van der Waals surface area contributed by atoms with Gasteiger partial charge in [0, 0.05) is 31.2 Å². The number of rotatable bonds is 3. The molecule has 2 heteroatoms. The van der Waals surface area contributed by atoms with Gasteiger partial charge in [0.15, 0.2) is 0 Å². The van der Waals surface area contributed by atoms with E-state index in [0.29, 0.717) is 23.5 Å². The van der Waals surface area contributed by atoms with Crippen LogP contribution in [0.4, 0.5) is 0 Å². The lowest BCUT2D eigenvalue weighted by atomic mass is 9.83. The fourth-order valence-corrected chi connectivity index (χ4v) is 3.25. The van der Waals surface area contributed by atoms with Gasteiger partial charge in [0.05, 0.1) is 0 Å². The normalized spacial score (nSPS) is 25.1. The van der Waals surface area contributed by atoms with Crippen molar-refractivity contribution in [3.05, 3.63) is 35.9 Å². The predicted molar refractivity (Wildman–Crippen MR) is 87.0 cm³/mol. The van der Waals surface area contributed by atoms with Gasteiger partial charge in [0.1, 0.15) is 0 Å². The summed E-state index contributed by atoms with van der Waals surface area (Å²) < 4.78 is 0. The van der Waals surface area contributed by atoms with E-state index in [2.05, 4.69) is 75.2 Å². The van der Waals surface area contributed by atoms with E-state index in [1.54, 1.807) is 0 Å². The summed E-state index contributed by atoms with van der Waals surface area (Å²) in [6, 6.07) is 12.6. The van der Waals surface area contributed by atoms with E-state index in [9.17, 15) is 0 Å². The van der Waals surface area contributed by atoms with E-state index in [1.165, 1.54) is 5.56 Å². The van der Waals surface area contributed by atoms with Crippen LogP contribution in [-0.2, 0) is 6.42 Å². The van der Waals surface area contributed by atoms with Gasteiger partial charge < -0.3 is 5.32 Å². The second-order valence-corrected chi connectivity index (χ2v) is 7.47. The first kappa shape index (κ1) is 15.5. The van der Waals surface area contributed by atoms with Crippen LogP contribution in [0.15, 0.2) is 30.3 Å². The zero-order valence-electron chi connectivity index (χ0n) is 13.7. The molecule has 1 N–H and O–H groups in total. The highest BCUT2D eigenvalue weighted by molar-refractivity contribution is 5.16. The van der Waals surface area contributed by atoms with E-state index < -0.39 is 0 Å². The summed E-state index contributed by atoms with van der Waals surface area (Å²) in [5, 5.41) is 3.77. The molecule has 1 aromatic rings. The van der Waals surface area contributed by atoms with Crippen LogP contribution in [0.2, 0.25) is 0 Å². The van der Waals surface area contributed by atoms with Crippen molar-refractivity contribution in [1.82, 2.24) is 10.2 Å². The first-order valence-electron chi connectivity index (χ1n) is 7.91. The third kappa shape index (κ3) is 3.83. The molecule has 0 amide bonds. The Labute approximate surface area is 124 Å². The predicted octanol–water partition coefficient (Wildman–Crippen LogP) is 3.33. The van der Waals surface area contributed by atoms with Gasteiger partial charge in [-0.25, -0.2) is 0 Å². The van der Waals surface area contributed by atoms with Gasteiger partial charge in [-0.3, -0.25) is 4.90 Å². The Balaban J connectivity index is 2.03. The molecule has 2 rings (SSSR count). The fourth-order valence-electron chi connectivity index (χ4n) is 3.25. The summed E-state index contributed by atoms with van der Waals surface area (Å²) in [5.74, 6) is 0. The molecule has 2 atom stereocenters. The lowest BCUT2D eigenvalue weighted by Crippen LogP contribution is -2.62. The maximum absolute atomic E-state index is 3.77. The van der Waals surface area contributed by atoms with E-state index in [-0.39, 0.29) is 0 Å². The van der Waals surface area contributed by atoms with Gasteiger partial charge in [-0.05, 0) is 31.2 Å². The van der Waals surface area contributed by atoms with Gasteiger partial charge in [-0.1, -0.05) is 51.1 Å². The molecule has 2 nitrogen and oxygen atoms in total. The van der Waals surface area contributed by atoms with Crippen LogP contribution in [0, 0.1) is 5.41 Å². The molecule has 0 spiro atoms. The molecule has 0 aliphatic carbocycles. The summed E-state index contributed by atoms with van der Waals surface area (Å²) in [5.41, 5.74) is 1.76. The summed E-state index contributed by atoms with van der Waals surface area (Å²) in [7, 11) is 0. The van der Waals surface area contributed by atoms with Crippen LogP contribution < -0.4 is 5.32 Å². The first-order chi connectivity index (χ1) is 9.38. The monoisotopic (exact) mass is 274 g/mol. The topological polar surface area (TPSA) is 15.3 Å². The maximum atomic E-state index is 3.77. The second-order valence-electron chi connectivity index (χ2n) is 7.47. The minimum atomic E-state index is 0.328. The van der Waals surface area contributed by atoms with Crippen molar-refractivity contribution in [1.29, 1.82) is 0 Å². The smallest absolute Gasteiger partial charge is 0.0272 e. The Kier molecular flexibility index (Phi) is 4.87. The number of piperazine rings is 1. The van der Waals surface area contributed by atoms with Crippen molar-refractivity contribution in [2.75, 3.05) is 13.1 Å². The van der Waals surface area contributed by atoms with Crippen LogP contribution in [0.1, 0.15) is 40.2 Å². The van der Waals surface area contributed by atoms with Crippen molar-refractivity contribution in [2.45, 2.75) is 59.2 Å². The van der Waals surface area contributed by atoms with Crippen molar-refractivity contribution in [3.63, 3.8) is 0 Å². The van der Waals surface area contributed by atoms with Crippen LogP contribution in [0.25, 0.3) is 0 Å². The third-order valence-electron chi connectivity index (χ3n) is 4.42. The highest BCUT2D eigenvalue weighted by Crippen LogP contribution is 2.28. The molecule has 1 fully saturated rings. The molecular formula is C18H30N2. The molecule has 112 valence electrons. The third-order valence-corrected chi connectivity index (χ3v) is 4.42. The summed E-state index contributed by atoms with van der Waals surface area (Å²) in [6.45, 7) is 14.0. The summed E-state index contributed by atoms with van der Waals surface area (Å²) >= 11 is 0. The van der Waals surface area contributed by atoms with Crippen LogP contribution >= 0.6 is 0 Å². The zero-order valence-corrected chi connectivity index (χ0v) is 13.7. The molecule has 1 aliphatic rings. The number of nitrogens with zero attached hydrogens (tertiary/aromatic N) is 1. The molecule has 0 radical (unpaired) electrons. The number of nitrogens with one attached hydrogen (secondary N) is 1. The Morgan fingerprint density at radius 3 is 2.40 bits per heavy atom. The van der Waals surface area contributed by atoms with E-state index >= 15 is 0 Å². The average molecular weight is 274 g/mol. The highest BCUT2D eigenvalue weighted by atomic mass is 15.3. The van der Waals surface area contributed by atoms with Crippen LogP contribution in [0.3, 0.4) is 0 Å². The molecular weight excluding hydrogens is 244 g/mol. The van der Waals surface area contributed by atoms with Gasteiger partial charge in [0.2, 0.25) is 0 Å². The Morgan fingerprint density at radius 2 is 1.85 bits per heavy atom. The van der Waals surface area contributed by atoms with Gasteiger partial charge in [0.25, 0.3) is 0 Å². The maximum Gasteiger partial charge on any atom is 0.0272 e. The first-order valence-corrected chi connectivity index (χ1v) is 7.91. The summed E-state index contributed by atoms with van der Waals surface area (Å²) in [6.07, 6.45) is 1.13. The van der Waals surface area contributed by atoms with Crippen LogP contribution in [-0.4, -0.2) is 36.1 Å². The van der Waals surface area contributed by atoms with Gasteiger partial charge in [-0.2, -0.15) is 0 Å². The zero-order chi connectivity index (χ0) is 14.8. The molecule has 20 heavy (non-hydrogen) atoms. The molecule has 1 heterocycles. The lowest BCUT2D eigenvalue weighted by Gasteiger charge is -2.48. The Bertz CT molecular complexity index is 405. The molecule has 0 bridgehead atoms. The minimum Gasteiger partial charge on any atom is -0.311 e. The number of hydrogen-bond acceptors (Lipinski definition) is 2. The molecule has 0 saturated carbocycles. The SMILES string of the molecule is CC(C)N1CC(Cc2ccccc2)NCC1C(C)(C)C. The minimum absolute atomic E-state index is 0.328. The number of hydrogen-bond donors (Lipinski definition) is 1. The molecule has 2 unspecified atom stereocenters. The Morgan fingerprint density at radius 1 is 1.20 bits per heavy atom. The molecule has 0 aromatic heterocycles. The molecule has 1 aromatic carbocycles. The fraction of sp³-hybridized carbons (Fsp3) is 0.667. The van der Waals surface area contributed by atoms with Crippen molar-refractivity contribution >= 4 is 0 Å². The Hall–Kier alpha value is -0.860. The largest absolute Gasteiger partial charge is 0.311 e.